The number of fused-ring (bicyclic) bond motifs is 8. The zero-order valence-electron chi connectivity index (χ0n) is 28.9. The Balaban J connectivity index is 1.27. The lowest BCUT2D eigenvalue weighted by Crippen LogP contribution is -1.93. The van der Waals surface area contributed by atoms with E-state index in [9.17, 15) is 0 Å². The quantitative estimate of drug-likeness (QED) is 0.134. The highest BCUT2D eigenvalue weighted by molar-refractivity contribution is 6.26. The Morgan fingerprint density at radius 3 is 1.62 bits per heavy atom. The molecule has 1 heterocycles. The van der Waals surface area contributed by atoms with Gasteiger partial charge in [0.1, 0.15) is 11.2 Å². The van der Waals surface area contributed by atoms with Gasteiger partial charge in [-0.25, -0.2) is 0 Å². The molecule has 0 radical (unpaired) electrons. The van der Waals surface area contributed by atoms with Crippen molar-refractivity contribution in [1.82, 2.24) is 0 Å². The molecule has 53 heavy (non-hydrogen) atoms. The summed E-state index contributed by atoms with van der Waals surface area (Å²) < 4.78 is 6.78. The molecule has 0 N–H and O–H groups in total. The molecule has 246 valence electrons. The second-order valence-electron chi connectivity index (χ2n) is 13.9. The number of hydrogen-bond acceptors (Lipinski definition) is 1. The van der Waals surface area contributed by atoms with Crippen LogP contribution < -0.4 is 0 Å². The van der Waals surface area contributed by atoms with Gasteiger partial charge in [0.15, 0.2) is 0 Å². The lowest BCUT2D eigenvalue weighted by molar-refractivity contribution is 0.670. The van der Waals surface area contributed by atoms with Gasteiger partial charge in [0.25, 0.3) is 0 Å². The molecule has 1 nitrogen and oxygen atoms in total. The molecule has 0 saturated carbocycles. The van der Waals surface area contributed by atoms with Gasteiger partial charge >= 0.3 is 0 Å². The van der Waals surface area contributed by atoms with Gasteiger partial charge in [-0.05, 0) is 106 Å². The molecule has 0 unspecified atom stereocenters. The smallest absolute Gasteiger partial charge is 0.143 e. The Bertz CT molecular complexity index is 3210. The van der Waals surface area contributed by atoms with Crippen molar-refractivity contribution in [2.45, 2.75) is 0 Å². The fraction of sp³-hybridized carbons (Fsp3) is 0. The van der Waals surface area contributed by atoms with Crippen molar-refractivity contribution < 1.29 is 4.42 Å². The maximum atomic E-state index is 6.78. The zero-order chi connectivity index (χ0) is 34.9. The standard InChI is InChI=1S/C52H32O/c1-3-15-33(16-4-1)38-29-30-39(52-51(38)45-25-13-14-26-48(45)53-52)36-27-28-44-47(32-36)49(34-17-5-2-6-18-34)42-23-11-12-24-43(42)50(44)46-31-35-19-7-8-20-37(35)40-21-9-10-22-41(40)46/h1-32H. The van der Waals surface area contributed by atoms with Gasteiger partial charge in [-0.3, -0.25) is 0 Å². The van der Waals surface area contributed by atoms with E-state index in [1.54, 1.807) is 0 Å². The van der Waals surface area contributed by atoms with Crippen molar-refractivity contribution in [3.63, 3.8) is 0 Å². The SMILES string of the molecule is c1ccc(-c2c3ccccc3c(-c3cc4ccccc4c4ccccc34)c3ccc(-c4ccc(-c5ccccc5)c5c4oc4ccccc45)cc23)cc1. The highest BCUT2D eigenvalue weighted by atomic mass is 16.3. The molecule has 0 amide bonds. The van der Waals surface area contributed by atoms with Crippen LogP contribution in [0.1, 0.15) is 0 Å². The second-order valence-corrected chi connectivity index (χ2v) is 13.9. The van der Waals surface area contributed by atoms with Gasteiger partial charge in [0, 0.05) is 16.3 Å². The Hall–Kier alpha value is -6.96. The fourth-order valence-corrected chi connectivity index (χ4v) is 8.73. The highest BCUT2D eigenvalue weighted by Gasteiger charge is 2.22. The summed E-state index contributed by atoms with van der Waals surface area (Å²) in [5.41, 5.74) is 11.3. The van der Waals surface area contributed by atoms with E-state index in [0.29, 0.717) is 0 Å². The molecular weight excluding hydrogens is 641 g/mol. The minimum Gasteiger partial charge on any atom is -0.455 e. The third kappa shape index (κ3) is 4.58. The first-order valence-electron chi connectivity index (χ1n) is 18.3. The summed E-state index contributed by atoms with van der Waals surface area (Å²) in [5.74, 6) is 0. The summed E-state index contributed by atoms with van der Waals surface area (Å²) >= 11 is 0. The summed E-state index contributed by atoms with van der Waals surface area (Å²) in [6.45, 7) is 0. The molecule has 0 atom stereocenters. The monoisotopic (exact) mass is 672 g/mol. The molecule has 0 aliphatic carbocycles. The van der Waals surface area contributed by atoms with Crippen molar-refractivity contribution in [2.24, 2.45) is 0 Å². The molecule has 1 heteroatoms. The number of para-hydroxylation sites is 1. The summed E-state index contributed by atoms with van der Waals surface area (Å²) in [6, 6.07) is 70.5. The van der Waals surface area contributed by atoms with Gasteiger partial charge in [-0.15, -0.1) is 0 Å². The van der Waals surface area contributed by atoms with E-state index in [4.69, 9.17) is 4.42 Å². The van der Waals surface area contributed by atoms with E-state index in [-0.39, 0.29) is 0 Å². The Labute approximate surface area is 307 Å². The first-order valence-corrected chi connectivity index (χ1v) is 18.3. The van der Waals surface area contributed by atoms with Crippen LogP contribution in [0, 0.1) is 0 Å². The van der Waals surface area contributed by atoms with E-state index >= 15 is 0 Å². The van der Waals surface area contributed by atoms with E-state index in [1.807, 2.05) is 0 Å². The highest BCUT2D eigenvalue weighted by Crippen LogP contribution is 2.48. The van der Waals surface area contributed by atoms with Crippen LogP contribution in [0.5, 0.6) is 0 Å². The molecule has 0 aliphatic rings. The van der Waals surface area contributed by atoms with Crippen molar-refractivity contribution >= 4 is 65.0 Å². The minimum atomic E-state index is 0.898. The summed E-state index contributed by atoms with van der Waals surface area (Å²) in [4.78, 5) is 0. The first kappa shape index (κ1) is 29.7. The lowest BCUT2D eigenvalue weighted by atomic mass is 9.83. The Morgan fingerprint density at radius 2 is 0.849 bits per heavy atom. The maximum absolute atomic E-state index is 6.78. The third-order valence-corrected chi connectivity index (χ3v) is 11.0. The van der Waals surface area contributed by atoms with Crippen molar-refractivity contribution in [1.29, 1.82) is 0 Å². The largest absolute Gasteiger partial charge is 0.455 e. The molecular formula is C52H32O. The molecule has 0 fully saturated rings. The average molecular weight is 673 g/mol. The van der Waals surface area contributed by atoms with Gasteiger partial charge in [0.05, 0.1) is 0 Å². The number of rotatable bonds is 4. The van der Waals surface area contributed by atoms with Gasteiger partial charge in [0.2, 0.25) is 0 Å². The van der Waals surface area contributed by atoms with Crippen LogP contribution >= 0.6 is 0 Å². The predicted octanol–water partition coefficient (Wildman–Crippen LogP) is 14.9. The van der Waals surface area contributed by atoms with Crippen LogP contribution in [0.25, 0.3) is 110 Å². The van der Waals surface area contributed by atoms with Crippen molar-refractivity contribution in [3.8, 4) is 44.5 Å². The zero-order valence-corrected chi connectivity index (χ0v) is 28.9. The van der Waals surface area contributed by atoms with E-state index < -0.39 is 0 Å². The van der Waals surface area contributed by atoms with Crippen LogP contribution in [-0.4, -0.2) is 0 Å². The van der Waals surface area contributed by atoms with Crippen LogP contribution in [0.2, 0.25) is 0 Å². The van der Waals surface area contributed by atoms with Gasteiger partial charge in [-0.1, -0.05) is 170 Å². The molecule has 10 aromatic carbocycles. The Morgan fingerprint density at radius 1 is 0.283 bits per heavy atom. The van der Waals surface area contributed by atoms with Gasteiger partial charge < -0.3 is 4.42 Å². The minimum absolute atomic E-state index is 0.898. The molecule has 0 spiro atoms. The molecule has 0 saturated heterocycles. The number of benzene rings is 10. The molecule has 11 aromatic rings. The summed E-state index contributed by atoms with van der Waals surface area (Å²) in [7, 11) is 0. The fourth-order valence-electron chi connectivity index (χ4n) is 8.73. The van der Waals surface area contributed by atoms with Crippen molar-refractivity contribution in [3.05, 3.63) is 194 Å². The van der Waals surface area contributed by atoms with Gasteiger partial charge in [-0.2, -0.15) is 0 Å². The van der Waals surface area contributed by atoms with Crippen LogP contribution in [0.15, 0.2) is 199 Å². The molecule has 0 aliphatic heterocycles. The third-order valence-electron chi connectivity index (χ3n) is 11.0. The first-order chi connectivity index (χ1) is 26.3. The average Bonchev–Trinajstić information content (AvgIpc) is 3.62. The number of furan rings is 1. The normalized spacial score (nSPS) is 11.8. The summed E-state index contributed by atoms with van der Waals surface area (Å²) in [6.07, 6.45) is 0. The molecule has 11 rings (SSSR count). The van der Waals surface area contributed by atoms with E-state index in [0.717, 1.165) is 33.1 Å². The Kier molecular flexibility index (Phi) is 6.62. The second kappa shape index (κ2) is 11.8. The lowest BCUT2D eigenvalue weighted by Gasteiger charge is -2.20. The molecule has 0 bridgehead atoms. The van der Waals surface area contributed by atoms with E-state index in [2.05, 4.69) is 194 Å². The number of hydrogen-bond donors (Lipinski definition) is 0. The van der Waals surface area contributed by atoms with Crippen LogP contribution in [0.3, 0.4) is 0 Å². The van der Waals surface area contributed by atoms with Crippen LogP contribution in [-0.2, 0) is 0 Å². The predicted molar refractivity (Wildman–Crippen MR) is 225 cm³/mol. The van der Waals surface area contributed by atoms with Crippen molar-refractivity contribution in [2.75, 3.05) is 0 Å². The topological polar surface area (TPSA) is 13.1 Å². The maximum Gasteiger partial charge on any atom is 0.143 e. The van der Waals surface area contributed by atoms with E-state index in [1.165, 1.54) is 76.5 Å². The van der Waals surface area contributed by atoms with Crippen LogP contribution in [0.4, 0.5) is 0 Å². The summed E-state index contributed by atoms with van der Waals surface area (Å²) in [5, 5.41) is 12.3. The molecule has 1 aromatic heterocycles.